The Hall–Kier alpha value is -1.65. The minimum Gasteiger partial charge on any atom is -0.356 e. The second-order valence-corrected chi connectivity index (χ2v) is 7.37. The Labute approximate surface area is 185 Å². The Bertz CT molecular complexity index is 762. The molecule has 0 aliphatic rings. The van der Waals surface area contributed by atoms with E-state index in [1.54, 1.807) is 0 Å². The van der Waals surface area contributed by atoms with Gasteiger partial charge in [0.2, 0.25) is 0 Å². The predicted octanol–water partition coefficient (Wildman–Crippen LogP) is 2.98. The minimum atomic E-state index is 0. The number of aromatic nitrogens is 5. The van der Waals surface area contributed by atoms with Gasteiger partial charge in [0, 0.05) is 46.0 Å². The number of nitrogens with zero attached hydrogens (tertiary/aromatic N) is 7. The fourth-order valence-corrected chi connectivity index (χ4v) is 2.92. The molecular weight excluding hydrogens is 467 g/mol. The van der Waals surface area contributed by atoms with Gasteiger partial charge in [-0.05, 0) is 19.3 Å². The molecule has 0 aliphatic carbocycles. The maximum atomic E-state index is 4.80. The quantitative estimate of drug-likeness (QED) is 0.260. The number of aryl methyl sites for hydroxylation is 2. The van der Waals surface area contributed by atoms with Crippen molar-refractivity contribution >= 4 is 29.9 Å². The van der Waals surface area contributed by atoms with Crippen molar-refractivity contribution in [1.29, 1.82) is 0 Å². The Morgan fingerprint density at radius 3 is 2.57 bits per heavy atom. The molecule has 0 amide bonds. The van der Waals surface area contributed by atoms with Crippen LogP contribution in [0.2, 0.25) is 0 Å². The Morgan fingerprint density at radius 1 is 1.29 bits per heavy atom. The van der Waals surface area contributed by atoms with Crippen LogP contribution in [0.3, 0.4) is 0 Å². The molecule has 0 aliphatic heterocycles. The monoisotopic (exact) mass is 502 g/mol. The van der Waals surface area contributed by atoms with E-state index in [-0.39, 0.29) is 24.0 Å². The second-order valence-electron chi connectivity index (χ2n) is 7.37. The first kappa shape index (κ1) is 24.4. The smallest absolute Gasteiger partial charge is 0.194 e. The van der Waals surface area contributed by atoms with E-state index >= 15 is 0 Å². The number of unbranched alkanes of at least 4 members (excludes halogenated alkanes) is 1. The number of guanidine groups is 1. The molecular formula is C19H35IN8. The van der Waals surface area contributed by atoms with E-state index in [1.165, 1.54) is 5.56 Å². The largest absolute Gasteiger partial charge is 0.356 e. The van der Waals surface area contributed by atoms with Gasteiger partial charge in [0.05, 0.1) is 5.69 Å². The molecule has 0 saturated carbocycles. The minimum absolute atomic E-state index is 0. The van der Waals surface area contributed by atoms with Crippen molar-refractivity contribution in [2.75, 3.05) is 13.6 Å². The number of rotatable bonds is 8. The zero-order valence-electron chi connectivity index (χ0n) is 18.2. The lowest BCUT2D eigenvalue weighted by atomic mass is 10.1. The molecule has 0 unspecified atom stereocenters. The molecule has 158 valence electrons. The third-order valence-electron chi connectivity index (χ3n) is 4.62. The Balaban J connectivity index is 0.00000392. The lowest BCUT2D eigenvalue weighted by molar-refractivity contribution is 0.469. The highest BCUT2D eigenvalue weighted by Crippen LogP contribution is 2.18. The van der Waals surface area contributed by atoms with E-state index in [2.05, 4.69) is 59.5 Å². The molecule has 0 spiro atoms. The summed E-state index contributed by atoms with van der Waals surface area (Å²) in [5.74, 6) is 3.03. The fourth-order valence-electron chi connectivity index (χ4n) is 2.92. The zero-order valence-corrected chi connectivity index (χ0v) is 20.6. The van der Waals surface area contributed by atoms with Crippen LogP contribution in [0.1, 0.15) is 62.4 Å². The number of hydrogen-bond donors (Lipinski definition) is 1. The lowest BCUT2D eigenvalue weighted by Gasteiger charge is -2.23. The molecule has 2 rings (SSSR count). The van der Waals surface area contributed by atoms with Gasteiger partial charge in [0.15, 0.2) is 11.8 Å². The van der Waals surface area contributed by atoms with Gasteiger partial charge in [0.25, 0.3) is 0 Å². The van der Waals surface area contributed by atoms with Crippen molar-refractivity contribution in [2.24, 2.45) is 19.1 Å². The SMILES string of the molecule is CCCCNC(=NCc1nnc(C)n1C)N(C)Cc1cn(C)nc1C(C)C.I. The topological polar surface area (TPSA) is 76.2 Å². The van der Waals surface area contributed by atoms with Gasteiger partial charge in [0.1, 0.15) is 12.4 Å². The second kappa shape index (κ2) is 11.4. The molecule has 2 heterocycles. The van der Waals surface area contributed by atoms with E-state index in [1.807, 2.05) is 30.3 Å². The fraction of sp³-hybridized carbons (Fsp3) is 0.684. The Morgan fingerprint density at radius 2 is 2.00 bits per heavy atom. The highest BCUT2D eigenvalue weighted by molar-refractivity contribution is 14.0. The summed E-state index contributed by atoms with van der Waals surface area (Å²) in [6, 6.07) is 0. The lowest BCUT2D eigenvalue weighted by Crippen LogP contribution is -2.39. The molecule has 1 N–H and O–H groups in total. The highest BCUT2D eigenvalue weighted by atomic mass is 127. The van der Waals surface area contributed by atoms with Gasteiger partial charge >= 0.3 is 0 Å². The number of halogens is 1. The van der Waals surface area contributed by atoms with E-state index < -0.39 is 0 Å². The first-order chi connectivity index (χ1) is 12.8. The molecule has 0 atom stereocenters. The summed E-state index contributed by atoms with van der Waals surface area (Å²) in [6.07, 6.45) is 4.36. The third kappa shape index (κ3) is 6.46. The predicted molar refractivity (Wildman–Crippen MR) is 124 cm³/mol. The first-order valence-electron chi connectivity index (χ1n) is 9.70. The van der Waals surface area contributed by atoms with Crippen LogP contribution in [-0.2, 0) is 27.2 Å². The number of hydrogen-bond acceptors (Lipinski definition) is 4. The van der Waals surface area contributed by atoms with E-state index in [9.17, 15) is 0 Å². The summed E-state index contributed by atoms with van der Waals surface area (Å²) < 4.78 is 3.87. The number of aliphatic imine (C=N–C) groups is 1. The van der Waals surface area contributed by atoms with Crippen molar-refractivity contribution in [3.05, 3.63) is 29.1 Å². The first-order valence-corrected chi connectivity index (χ1v) is 9.70. The molecule has 0 saturated heterocycles. The van der Waals surface area contributed by atoms with Crippen LogP contribution in [0.25, 0.3) is 0 Å². The summed E-state index contributed by atoms with van der Waals surface area (Å²) in [5.41, 5.74) is 2.37. The Kier molecular flexibility index (Phi) is 9.91. The molecule has 2 aromatic rings. The maximum absolute atomic E-state index is 4.80. The molecule has 2 aromatic heterocycles. The third-order valence-corrected chi connectivity index (χ3v) is 4.62. The van der Waals surface area contributed by atoms with Crippen molar-refractivity contribution in [3.63, 3.8) is 0 Å². The van der Waals surface area contributed by atoms with Crippen LogP contribution >= 0.6 is 24.0 Å². The van der Waals surface area contributed by atoms with Gasteiger partial charge < -0.3 is 14.8 Å². The molecule has 28 heavy (non-hydrogen) atoms. The average Bonchev–Trinajstić information content (AvgIpc) is 3.14. The van der Waals surface area contributed by atoms with Crippen LogP contribution < -0.4 is 5.32 Å². The summed E-state index contributed by atoms with van der Waals surface area (Å²) >= 11 is 0. The van der Waals surface area contributed by atoms with Gasteiger partial charge in [-0.1, -0.05) is 27.2 Å². The maximum Gasteiger partial charge on any atom is 0.194 e. The van der Waals surface area contributed by atoms with Crippen molar-refractivity contribution in [3.8, 4) is 0 Å². The van der Waals surface area contributed by atoms with Gasteiger partial charge in [-0.3, -0.25) is 4.68 Å². The standard InChI is InChI=1S/C19H34N8.HI/c1-8-9-10-20-19(21-11-17-23-22-15(4)27(17)7)25(5)12-16-13-26(6)24-18(16)14(2)3;/h13-14H,8-12H2,1-7H3,(H,20,21);1H. The zero-order chi connectivity index (χ0) is 20.0. The van der Waals surface area contributed by atoms with Gasteiger partial charge in [-0.15, -0.1) is 34.2 Å². The van der Waals surface area contributed by atoms with E-state index in [0.717, 1.165) is 49.2 Å². The summed E-state index contributed by atoms with van der Waals surface area (Å²) in [4.78, 5) is 6.95. The molecule has 9 heteroatoms. The van der Waals surface area contributed by atoms with Crippen LogP contribution in [0.4, 0.5) is 0 Å². The molecule has 0 bridgehead atoms. The van der Waals surface area contributed by atoms with Gasteiger partial charge in [-0.2, -0.15) is 5.10 Å². The summed E-state index contributed by atoms with van der Waals surface area (Å²) in [7, 11) is 6.01. The van der Waals surface area contributed by atoms with Crippen LogP contribution in [0.15, 0.2) is 11.2 Å². The average molecular weight is 502 g/mol. The normalized spacial score (nSPS) is 11.6. The van der Waals surface area contributed by atoms with Crippen LogP contribution in [0, 0.1) is 6.92 Å². The van der Waals surface area contributed by atoms with E-state index in [0.29, 0.717) is 12.5 Å². The van der Waals surface area contributed by atoms with Crippen LogP contribution in [0.5, 0.6) is 0 Å². The van der Waals surface area contributed by atoms with Crippen LogP contribution in [-0.4, -0.2) is 49.0 Å². The molecule has 8 nitrogen and oxygen atoms in total. The highest BCUT2D eigenvalue weighted by Gasteiger charge is 2.15. The summed E-state index contributed by atoms with van der Waals surface area (Å²) in [6.45, 7) is 10.7. The molecule has 0 radical (unpaired) electrons. The van der Waals surface area contributed by atoms with Crippen molar-refractivity contribution < 1.29 is 0 Å². The van der Waals surface area contributed by atoms with Crippen molar-refractivity contribution in [1.82, 2.24) is 34.8 Å². The van der Waals surface area contributed by atoms with E-state index in [4.69, 9.17) is 4.99 Å². The summed E-state index contributed by atoms with van der Waals surface area (Å²) in [5, 5.41) is 16.4. The molecule has 0 aromatic carbocycles. The molecule has 0 fully saturated rings. The number of nitrogens with one attached hydrogen (secondary N) is 1. The van der Waals surface area contributed by atoms with Crippen molar-refractivity contribution in [2.45, 2.75) is 59.5 Å². The van der Waals surface area contributed by atoms with Gasteiger partial charge in [-0.25, -0.2) is 4.99 Å².